The van der Waals surface area contributed by atoms with E-state index in [-0.39, 0.29) is 5.91 Å². The maximum atomic E-state index is 11.1. The molecular formula is C8H18N2O2. The van der Waals surface area contributed by atoms with Crippen LogP contribution in [-0.4, -0.2) is 29.7 Å². The summed E-state index contributed by atoms with van der Waals surface area (Å²) in [5.74, 6) is 0.105. The summed E-state index contributed by atoms with van der Waals surface area (Å²) >= 11 is 0. The van der Waals surface area contributed by atoms with Crippen LogP contribution in [0.1, 0.15) is 20.8 Å². The van der Waals surface area contributed by atoms with E-state index in [1.54, 1.807) is 0 Å². The number of aliphatic hydroxyl groups excluding tert-OH is 1. The highest BCUT2D eigenvalue weighted by Crippen LogP contribution is 1.91. The van der Waals surface area contributed by atoms with Crippen LogP contribution in [-0.2, 0) is 4.79 Å². The van der Waals surface area contributed by atoms with Crippen molar-refractivity contribution >= 4 is 5.91 Å². The van der Waals surface area contributed by atoms with E-state index in [0.717, 1.165) is 0 Å². The Kier molecular flexibility index (Phi) is 4.85. The van der Waals surface area contributed by atoms with Crippen LogP contribution in [0.3, 0.4) is 0 Å². The molecule has 0 bridgehead atoms. The van der Waals surface area contributed by atoms with Gasteiger partial charge in [0.15, 0.2) is 0 Å². The van der Waals surface area contributed by atoms with Crippen molar-refractivity contribution in [2.24, 2.45) is 11.7 Å². The first-order chi connectivity index (χ1) is 5.45. The van der Waals surface area contributed by atoms with E-state index in [4.69, 9.17) is 10.8 Å². The van der Waals surface area contributed by atoms with E-state index in [0.29, 0.717) is 12.5 Å². The molecule has 0 fully saturated rings. The third kappa shape index (κ3) is 4.31. The molecule has 0 spiro atoms. The smallest absolute Gasteiger partial charge is 0.239 e. The number of hydrogen-bond acceptors (Lipinski definition) is 3. The zero-order chi connectivity index (χ0) is 9.72. The van der Waals surface area contributed by atoms with E-state index >= 15 is 0 Å². The van der Waals surface area contributed by atoms with Gasteiger partial charge in [-0.25, -0.2) is 0 Å². The maximum Gasteiger partial charge on any atom is 0.239 e. The average Bonchev–Trinajstić information content (AvgIpc) is 1.98. The van der Waals surface area contributed by atoms with Gasteiger partial charge >= 0.3 is 0 Å². The fourth-order valence-corrected chi connectivity index (χ4v) is 0.642. The van der Waals surface area contributed by atoms with Crippen LogP contribution in [0.4, 0.5) is 0 Å². The summed E-state index contributed by atoms with van der Waals surface area (Å²) in [6.07, 6.45) is -0.794. The van der Waals surface area contributed by atoms with Crippen LogP contribution in [0, 0.1) is 5.92 Å². The molecular weight excluding hydrogens is 156 g/mol. The molecule has 0 radical (unpaired) electrons. The first-order valence-electron chi connectivity index (χ1n) is 4.16. The van der Waals surface area contributed by atoms with Crippen molar-refractivity contribution in [1.29, 1.82) is 0 Å². The Labute approximate surface area is 73.1 Å². The monoisotopic (exact) mass is 174 g/mol. The fourth-order valence-electron chi connectivity index (χ4n) is 0.642. The first-order valence-corrected chi connectivity index (χ1v) is 4.16. The van der Waals surface area contributed by atoms with Crippen LogP contribution in [0.2, 0.25) is 0 Å². The highest BCUT2D eigenvalue weighted by molar-refractivity contribution is 5.81. The SMILES string of the molecule is CC(C)CNC(=O)C(N)C(C)O. The number of hydrogen-bond donors (Lipinski definition) is 3. The number of carbonyl (C=O) groups is 1. The topological polar surface area (TPSA) is 75.4 Å². The van der Waals surface area contributed by atoms with Crippen molar-refractivity contribution < 1.29 is 9.90 Å². The molecule has 12 heavy (non-hydrogen) atoms. The molecule has 0 rings (SSSR count). The summed E-state index contributed by atoms with van der Waals surface area (Å²) in [7, 11) is 0. The predicted molar refractivity (Wildman–Crippen MR) is 47.5 cm³/mol. The fraction of sp³-hybridized carbons (Fsp3) is 0.875. The predicted octanol–water partition coefficient (Wildman–Crippen LogP) is -0.533. The van der Waals surface area contributed by atoms with E-state index < -0.39 is 12.1 Å². The molecule has 72 valence electrons. The molecule has 0 aromatic carbocycles. The van der Waals surface area contributed by atoms with E-state index in [9.17, 15) is 4.79 Å². The normalized spacial score (nSPS) is 15.8. The lowest BCUT2D eigenvalue weighted by molar-refractivity contribution is -0.124. The van der Waals surface area contributed by atoms with Gasteiger partial charge in [0.25, 0.3) is 0 Å². The lowest BCUT2D eigenvalue weighted by Gasteiger charge is -2.15. The highest BCUT2D eigenvalue weighted by Gasteiger charge is 2.17. The molecule has 0 aromatic rings. The summed E-state index contributed by atoms with van der Waals surface area (Å²) in [6.45, 7) is 6.08. The third-order valence-corrected chi connectivity index (χ3v) is 1.51. The Bertz CT molecular complexity index is 146. The van der Waals surface area contributed by atoms with E-state index in [2.05, 4.69) is 5.32 Å². The van der Waals surface area contributed by atoms with Gasteiger partial charge in [0.1, 0.15) is 6.04 Å². The molecule has 0 saturated carbocycles. The molecule has 0 aliphatic heterocycles. The molecule has 4 N–H and O–H groups in total. The number of nitrogens with one attached hydrogen (secondary N) is 1. The van der Waals surface area contributed by atoms with Crippen molar-refractivity contribution in [3.63, 3.8) is 0 Å². The summed E-state index contributed by atoms with van der Waals surface area (Å²) in [5, 5.41) is 11.6. The lowest BCUT2D eigenvalue weighted by atomic mass is 10.1. The zero-order valence-electron chi connectivity index (χ0n) is 7.87. The second kappa shape index (κ2) is 5.11. The zero-order valence-corrected chi connectivity index (χ0v) is 7.87. The Morgan fingerprint density at radius 1 is 1.50 bits per heavy atom. The Morgan fingerprint density at radius 2 is 2.00 bits per heavy atom. The Morgan fingerprint density at radius 3 is 2.33 bits per heavy atom. The average molecular weight is 174 g/mol. The van der Waals surface area contributed by atoms with Gasteiger partial charge in [-0.1, -0.05) is 13.8 Å². The Balaban J connectivity index is 3.72. The van der Waals surface area contributed by atoms with E-state index in [1.807, 2.05) is 13.8 Å². The van der Waals surface area contributed by atoms with Gasteiger partial charge in [-0.3, -0.25) is 4.79 Å². The van der Waals surface area contributed by atoms with Gasteiger partial charge in [0.2, 0.25) is 5.91 Å². The second-order valence-electron chi connectivity index (χ2n) is 3.41. The second-order valence-corrected chi connectivity index (χ2v) is 3.41. The van der Waals surface area contributed by atoms with Gasteiger partial charge in [-0.2, -0.15) is 0 Å². The van der Waals surface area contributed by atoms with Crippen LogP contribution in [0.15, 0.2) is 0 Å². The molecule has 2 unspecified atom stereocenters. The molecule has 4 heteroatoms. The van der Waals surface area contributed by atoms with Gasteiger partial charge < -0.3 is 16.2 Å². The third-order valence-electron chi connectivity index (χ3n) is 1.51. The molecule has 0 saturated heterocycles. The number of nitrogens with two attached hydrogens (primary N) is 1. The van der Waals surface area contributed by atoms with Crippen molar-refractivity contribution in [2.75, 3.05) is 6.54 Å². The highest BCUT2D eigenvalue weighted by atomic mass is 16.3. The van der Waals surface area contributed by atoms with Crippen molar-refractivity contribution in [1.82, 2.24) is 5.32 Å². The minimum Gasteiger partial charge on any atom is -0.391 e. The van der Waals surface area contributed by atoms with Gasteiger partial charge in [-0.05, 0) is 12.8 Å². The molecule has 0 aliphatic rings. The summed E-state index contributed by atoms with van der Waals surface area (Å²) in [6, 6.07) is -0.816. The quantitative estimate of drug-likeness (QED) is 0.536. The molecule has 0 aromatic heterocycles. The number of amides is 1. The molecule has 0 aliphatic carbocycles. The van der Waals surface area contributed by atoms with Crippen LogP contribution < -0.4 is 11.1 Å². The van der Waals surface area contributed by atoms with Gasteiger partial charge in [-0.15, -0.1) is 0 Å². The summed E-state index contributed by atoms with van der Waals surface area (Å²) in [4.78, 5) is 11.1. The largest absolute Gasteiger partial charge is 0.391 e. The van der Waals surface area contributed by atoms with Crippen molar-refractivity contribution in [3.8, 4) is 0 Å². The molecule has 0 heterocycles. The van der Waals surface area contributed by atoms with Gasteiger partial charge in [0.05, 0.1) is 6.10 Å². The number of rotatable bonds is 4. The summed E-state index contributed by atoms with van der Waals surface area (Å²) in [5.41, 5.74) is 5.38. The van der Waals surface area contributed by atoms with Crippen molar-refractivity contribution in [3.05, 3.63) is 0 Å². The van der Waals surface area contributed by atoms with Crippen LogP contribution in [0.5, 0.6) is 0 Å². The minimum absolute atomic E-state index is 0.293. The standard InChI is InChI=1S/C8H18N2O2/c1-5(2)4-10-8(12)7(9)6(3)11/h5-7,11H,4,9H2,1-3H3,(H,10,12). The van der Waals surface area contributed by atoms with Gasteiger partial charge in [0, 0.05) is 6.54 Å². The minimum atomic E-state index is -0.816. The Hall–Kier alpha value is -0.610. The molecule has 2 atom stereocenters. The number of carbonyl (C=O) groups excluding carboxylic acids is 1. The first kappa shape index (κ1) is 11.4. The molecule has 1 amide bonds. The van der Waals surface area contributed by atoms with E-state index in [1.165, 1.54) is 6.92 Å². The van der Waals surface area contributed by atoms with Crippen LogP contribution >= 0.6 is 0 Å². The van der Waals surface area contributed by atoms with Crippen LogP contribution in [0.25, 0.3) is 0 Å². The van der Waals surface area contributed by atoms with Crippen molar-refractivity contribution in [2.45, 2.75) is 32.9 Å². The molecule has 4 nitrogen and oxygen atoms in total. The number of aliphatic hydroxyl groups is 1. The lowest BCUT2D eigenvalue weighted by Crippen LogP contribution is -2.47. The maximum absolute atomic E-state index is 11.1. The summed E-state index contributed by atoms with van der Waals surface area (Å²) < 4.78 is 0.